The van der Waals surface area contributed by atoms with E-state index in [1.807, 2.05) is 0 Å². The summed E-state index contributed by atoms with van der Waals surface area (Å²) in [7, 11) is 0. The van der Waals surface area contributed by atoms with Gasteiger partial charge in [0.25, 0.3) is 5.91 Å². The summed E-state index contributed by atoms with van der Waals surface area (Å²) in [4.78, 5) is 17.9. The first-order valence-electron chi connectivity index (χ1n) is 3.76. The number of amides is 1. The Kier molecular flexibility index (Phi) is 3.16. The van der Waals surface area contributed by atoms with Gasteiger partial charge in [-0.2, -0.15) is 4.98 Å². The van der Waals surface area contributed by atoms with Gasteiger partial charge in [0.05, 0.1) is 5.56 Å². The molecule has 1 aromatic rings. The van der Waals surface area contributed by atoms with Gasteiger partial charge in [-0.15, -0.1) is 0 Å². The van der Waals surface area contributed by atoms with Crippen LogP contribution in [0.4, 0.5) is 10.2 Å². The summed E-state index contributed by atoms with van der Waals surface area (Å²) in [5, 5.41) is 0. The fourth-order valence-corrected chi connectivity index (χ4v) is 0.767. The number of alkyl halides is 1. The molecule has 1 rings (SSSR count). The largest absolute Gasteiger partial charge is 0.461 e. The van der Waals surface area contributed by atoms with Crippen molar-refractivity contribution in [2.24, 2.45) is 5.73 Å². The number of hydrogen-bond acceptors (Lipinski definition) is 5. The summed E-state index contributed by atoms with van der Waals surface area (Å²) < 4.78 is 16.4. The first-order chi connectivity index (χ1) is 6.65. The molecule has 1 aromatic heterocycles. The molecule has 0 saturated heterocycles. The van der Waals surface area contributed by atoms with Crippen LogP contribution in [-0.4, -0.2) is 29.2 Å². The Bertz CT molecular complexity index is 344. The first-order valence-corrected chi connectivity index (χ1v) is 3.76. The fraction of sp³-hybridized carbons (Fsp3) is 0.286. The van der Waals surface area contributed by atoms with Gasteiger partial charge in [-0.3, -0.25) is 4.79 Å². The maximum atomic E-state index is 11.7. The Labute approximate surface area is 79.1 Å². The van der Waals surface area contributed by atoms with E-state index in [2.05, 4.69) is 9.97 Å². The number of hydrogen-bond donors (Lipinski definition) is 2. The Hall–Kier alpha value is -1.92. The maximum absolute atomic E-state index is 11.7. The van der Waals surface area contributed by atoms with E-state index in [-0.39, 0.29) is 24.0 Å². The first kappa shape index (κ1) is 10.2. The van der Waals surface area contributed by atoms with E-state index in [1.54, 1.807) is 0 Å². The van der Waals surface area contributed by atoms with Gasteiger partial charge in [0.15, 0.2) is 0 Å². The molecule has 0 aromatic carbocycles. The van der Waals surface area contributed by atoms with Gasteiger partial charge in [0, 0.05) is 6.20 Å². The molecule has 0 unspecified atom stereocenters. The van der Waals surface area contributed by atoms with Gasteiger partial charge < -0.3 is 16.2 Å². The molecule has 0 aliphatic rings. The van der Waals surface area contributed by atoms with Crippen LogP contribution in [0.15, 0.2) is 6.20 Å². The average molecular weight is 200 g/mol. The standard InChI is InChI=1S/C7H9FN4O2/c8-1-2-14-7-11-3-4(6(10)13)5(9)12-7/h3H,1-2H2,(H2,10,13)(H2,9,11,12). The van der Waals surface area contributed by atoms with Crippen LogP contribution in [0.1, 0.15) is 10.4 Å². The van der Waals surface area contributed by atoms with Crippen molar-refractivity contribution in [3.05, 3.63) is 11.8 Å². The molecule has 4 N–H and O–H groups in total. The molecule has 0 bridgehead atoms. The van der Waals surface area contributed by atoms with Gasteiger partial charge in [0.1, 0.15) is 19.1 Å². The molecule has 0 spiro atoms. The second-order valence-electron chi connectivity index (χ2n) is 2.35. The predicted octanol–water partition coefficient (Wildman–Crippen LogP) is -0.494. The number of nitrogens with two attached hydrogens (primary N) is 2. The number of nitrogens with zero attached hydrogens (tertiary/aromatic N) is 2. The van der Waals surface area contributed by atoms with Crippen LogP contribution in [0.3, 0.4) is 0 Å². The zero-order chi connectivity index (χ0) is 10.6. The molecule has 76 valence electrons. The lowest BCUT2D eigenvalue weighted by atomic mass is 10.3. The molecule has 1 heterocycles. The highest BCUT2D eigenvalue weighted by atomic mass is 19.1. The van der Waals surface area contributed by atoms with Crippen LogP contribution in [0.25, 0.3) is 0 Å². The highest BCUT2D eigenvalue weighted by Gasteiger charge is 2.09. The predicted molar refractivity (Wildman–Crippen MR) is 46.4 cm³/mol. The van der Waals surface area contributed by atoms with Crippen molar-refractivity contribution in [2.75, 3.05) is 19.0 Å². The molecule has 0 aliphatic heterocycles. The number of rotatable bonds is 4. The van der Waals surface area contributed by atoms with Crippen molar-refractivity contribution in [3.63, 3.8) is 0 Å². The lowest BCUT2D eigenvalue weighted by Crippen LogP contribution is -2.15. The Balaban J connectivity index is 2.83. The van der Waals surface area contributed by atoms with E-state index < -0.39 is 12.6 Å². The molecule has 14 heavy (non-hydrogen) atoms. The van der Waals surface area contributed by atoms with Gasteiger partial charge in [-0.1, -0.05) is 0 Å². The van der Waals surface area contributed by atoms with Crippen LogP contribution in [0.5, 0.6) is 6.01 Å². The molecule has 0 fully saturated rings. The second kappa shape index (κ2) is 4.35. The van der Waals surface area contributed by atoms with Crippen LogP contribution in [0, 0.1) is 0 Å². The van der Waals surface area contributed by atoms with Gasteiger partial charge in [-0.05, 0) is 0 Å². The Morgan fingerprint density at radius 2 is 2.36 bits per heavy atom. The van der Waals surface area contributed by atoms with E-state index in [0.29, 0.717) is 0 Å². The van der Waals surface area contributed by atoms with E-state index >= 15 is 0 Å². The van der Waals surface area contributed by atoms with Crippen molar-refractivity contribution in [3.8, 4) is 6.01 Å². The normalized spacial score (nSPS) is 9.79. The van der Waals surface area contributed by atoms with Crippen molar-refractivity contribution in [1.29, 1.82) is 0 Å². The number of carbonyl (C=O) groups excluding carboxylic acids is 1. The van der Waals surface area contributed by atoms with E-state index in [9.17, 15) is 9.18 Å². The minimum Gasteiger partial charge on any atom is -0.461 e. The number of carbonyl (C=O) groups is 1. The topological polar surface area (TPSA) is 104 Å². The molecular formula is C7H9FN4O2. The SMILES string of the molecule is NC(=O)c1cnc(OCCF)nc1N. The minimum atomic E-state index is -0.723. The molecular weight excluding hydrogens is 191 g/mol. The number of ether oxygens (including phenoxy) is 1. The van der Waals surface area contributed by atoms with Gasteiger partial charge in [-0.25, -0.2) is 9.37 Å². The third-order valence-corrected chi connectivity index (χ3v) is 1.37. The van der Waals surface area contributed by atoms with Gasteiger partial charge >= 0.3 is 6.01 Å². The van der Waals surface area contributed by atoms with Crippen molar-refractivity contribution < 1.29 is 13.9 Å². The van der Waals surface area contributed by atoms with Crippen LogP contribution < -0.4 is 16.2 Å². The molecule has 0 aliphatic carbocycles. The lowest BCUT2D eigenvalue weighted by Gasteiger charge is -2.03. The second-order valence-corrected chi connectivity index (χ2v) is 2.35. The van der Waals surface area contributed by atoms with Crippen molar-refractivity contribution in [1.82, 2.24) is 9.97 Å². The molecule has 6 nitrogen and oxygen atoms in total. The summed E-state index contributed by atoms with van der Waals surface area (Å²) in [6.07, 6.45) is 1.14. The summed E-state index contributed by atoms with van der Waals surface area (Å²) in [5.41, 5.74) is 10.3. The lowest BCUT2D eigenvalue weighted by molar-refractivity contribution is 0.100. The summed E-state index contributed by atoms with van der Waals surface area (Å²) in [6.45, 7) is -0.809. The van der Waals surface area contributed by atoms with Crippen LogP contribution in [0.2, 0.25) is 0 Å². The fourth-order valence-electron chi connectivity index (χ4n) is 0.767. The van der Waals surface area contributed by atoms with Crippen LogP contribution in [-0.2, 0) is 0 Å². The number of nitrogen functional groups attached to an aromatic ring is 1. The summed E-state index contributed by atoms with van der Waals surface area (Å²) in [6, 6.07) is -0.0786. The third-order valence-electron chi connectivity index (χ3n) is 1.37. The highest BCUT2D eigenvalue weighted by molar-refractivity contribution is 5.96. The Morgan fingerprint density at radius 3 is 2.86 bits per heavy atom. The quantitative estimate of drug-likeness (QED) is 0.682. The van der Waals surface area contributed by atoms with E-state index in [4.69, 9.17) is 16.2 Å². The Morgan fingerprint density at radius 1 is 1.64 bits per heavy atom. The van der Waals surface area contributed by atoms with E-state index in [0.717, 1.165) is 6.20 Å². The number of aromatic nitrogens is 2. The zero-order valence-corrected chi connectivity index (χ0v) is 7.24. The average Bonchev–Trinajstić information content (AvgIpc) is 2.14. The highest BCUT2D eigenvalue weighted by Crippen LogP contribution is 2.10. The van der Waals surface area contributed by atoms with Crippen molar-refractivity contribution in [2.45, 2.75) is 0 Å². The molecule has 0 atom stereocenters. The maximum Gasteiger partial charge on any atom is 0.318 e. The minimum absolute atomic E-state index is 0.0117. The number of halogens is 1. The monoisotopic (exact) mass is 200 g/mol. The van der Waals surface area contributed by atoms with Crippen LogP contribution >= 0.6 is 0 Å². The van der Waals surface area contributed by atoms with Crippen molar-refractivity contribution >= 4 is 11.7 Å². The molecule has 0 saturated carbocycles. The van der Waals surface area contributed by atoms with Gasteiger partial charge in [0.2, 0.25) is 0 Å². The third kappa shape index (κ3) is 2.28. The molecule has 1 amide bonds. The number of anilines is 1. The molecule has 0 radical (unpaired) electrons. The summed E-state index contributed by atoms with van der Waals surface area (Å²) >= 11 is 0. The zero-order valence-electron chi connectivity index (χ0n) is 7.24. The smallest absolute Gasteiger partial charge is 0.318 e. The van der Waals surface area contributed by atoms with E-state index in [1.165, 1.54) is 0 Å². The summed E-state index contributed by atoms with van der Waals surface area (Å²) in [5.74, 6) is -0.805. The molecule has 7 heteroatoms. The number of primary amides is 1.